The van der Waals surface area contributed by atoms with Crippen molar-refractivity contribution in [2.45, 2.75) is 17.2 Å². The van der Waals surface area contributed by atoms with Gasteiger partial charge < -0.3 is 0 Å². The molecule has 4 heterocycles. The lowest BCUT2D eigenvalue weighted by Gasteiger charge is -2.26. The quantitative estimate of drug-likeness (QED) is 0.523. The number of halogens is 1. The molecule has 1 aromatic carbocycles. The molecule has 7 nitrogen and oxygen atoms in total. The highest BCUT2D eigenvalue weighted by molar-refractivity contribution is 7.91. The Morgan fingerprint density at radius 1 is 1.17 bits per heavy atom. The first-order valence-electron chi connectivity index (χ1n) is 8.87. The highest BCUT2D eigenvalue weighted by Crippen LogP contribution is 2.28. The number of nitrogens with one attached hydrogen (secondary N) is 1. The van der Waals surface area contributed by atoms with E-state index in [1.165, 1.54) is 20.2 Å². The second-order valence-electron chi connectivity index (χ2n) is 6.71. The molecule has 0 saturated carbocycles. The molecule has 1 N–H and O–H groups in total. The van der Waals surface area contributed by atoms with E-state index in [4.69, 9.17) is 11.6 Å². The third-order valence-electron chi connectivity index (χ3n) is 4.98. The number of nitrogens with zero attached hydrogens (tertiary/aromatic N) is 3. The number of aromatic nitrogens is 3. The van der Waals surface area contributed by atoms with Crippen LogP contribution in [-0.4, -0.2) is 33.9 Å². The first kappa shape index (κ1) is 18.6. The maximum absolute atomic E-state index is 13.1. The van der Waals surface area contributed by atoms with Gasteiger partial charge in [-0.1, -0.05) is 35.9 Å². The van der Waals surface area contributed by atoms with Crippen LogP contribution >= 0.6 is 22.9 Å². The number of rotatable bonds is 3. The lowest BCUT2D eigenvalue weighted by Crippen LogP contribution is -2.40. The van der Waals surface area contributed by atoms with Crippen molar-refractivity contribution in [1.29, 1.82) is 0 Å². The molecule has 0 aliphatic carbocycles. The van der Waals surface area contributed by atoms with Crippen molar-refractivity contribution in [2.75, 3.05) is 6.54 Å². The predicted molar refractivity (Wildman–Crippen MR) is 112 cm³/mol. The maximum atomic E-state index is 13.1. The Labute approximate surface area is 175 Å². The predicted octanol–water partition coefficient (Wildman–Crippen LogP) is 3.15. The molecule has 0 spiro atoms. The summed E-state index contributed by atoms with van der Waals surface area (Å²) < 4.78 is 28.7. The summed E-state index contributed by atoms with van der Waals surface area (Å²) in [5, 5.41) is 5.33. The third kappa shape index (κ3) is 3.01. The number of sulfonamides is 1. The van der Waals surface area contributed by atoms with E-state index in [-0.39, 0.29) is 22.9 Å². The Hall–Kier alpha value is -2.46. The van der Waals surface area contributed by atoms with E-state index in [1.807, 2.05) is 18.2 Å². The van der Waals surface area contributed by atoms with Crippen LogP contribution in [0.2, 0.25) is 5.02 Å². The summed E-state index contributed by atoms with van der Waals surface area (Å²) in [6, 6.07) is 12.4. The van der Waals surface area contributed by atoms with E-state index in [0.717, 1.165) is 5.56 Å². The van der Waals surface area contributed by atoms with Crippen LogP contribution in [0.25, 0.3) is 16.9 Å². The lowest BCUT2D eigenvalue weighted by molar-refractivity contribution is 0.386. The Balaban J connectivity index is 1.59. The largest absolute Gasteiger partial charge is 0.289 e. The minimum atomic E-state index is -3.63. The van der Waals surface area contributed by atoms with Crippen LogP contribution in [0, 0.1) is 0 Å². The van der Waals surface area contributed by atoms with Crippen molar-refractivity contribution >= 4 is 38.6 Å². The smallest absolute Gasteiger partial charge is 0.277 e. The molecular weight excluding hydrogens is 432 g/mol. The fourth-order valence-corrected chi connectivity index (χ4v) is 6.31. The Bertz CT molecular complexity index is 1390. The van der Waals surface area contributed by atoms with Crippen LogP contribution in [0.4, 0.5) is 0 Å². The minimum Gasteiger partial charge on any atom is -0.289 e. The average Bonchev–Trinajstić information content (AvgIpc) is 3.39. The second kappa shape index (κ2) is 6.81. The van der Waals surface area contributed by atoms with Gasteiger partial charge >= 0.3 is 0 Å². The van der Waals surface area contributed by atoms with Crippen molar-refractivity contribution in [2.24, 2.45) is 0 Å². The number of fused-ring (bicyclic) bond motifs is 2. The van der Waals surface area contributed by atoms with E-state index < -0.39 is 10.0 Å². The number of aromatic amines is 1. The number of H-pyrrole nitrogens is 1. The molecule has 29 heavy (non-hydrogen) atoms. The van der Waals surface area contributed by atoms with Gasteiger partial charge in [-0.2, -0.15) is 4.31 Å². The Kier molecular flexibility index (Phi) is 4.36. The second-order valence-corrected chi connectivity index (χ2v) is 10.2. The van der Waals surface area contributed by atoms with Gasteiger partial charge in [0, 0.05) is 36.2 Å². The minimum absolute atomic E-state index is 0.00475. The average molecular weight is 447 g/mol. The van der Waals surface area contributed by atoms with Gasteiger partial charge in [-0.15, -0.1) is 11.3 Å². The zero-order valence-electron chi connectivity index (χ0n) is 15.0. The van der Waals surface area contributed by atoms with Crippen LogP contribution in [0.1, 0.15) is 11.3 Å². The van der Waals surface area contributed by atoms with E-state index >= 15 is 0 Å². The van der Waals surface area contributed by atoms with Gasteiger partial charge in [0.1, 0.15) is 4.21 Å². The number of hydrogen-bond donors (Lipinski definition) is 1. The summed E-state index contributed by atoms with van der Waals surface area (Å²) in [5.41, 5.74) is 2.65. The van der Waals surface area contributed by atoms with Crippen LogP contribution in [0.15, 0.2) is 56.8 Å². The summed E-state index contributed by atoms with van der Waals surface area (Å²) in [5.74, 6) is 0. The van der Waals surface area contributed by atoms with Gasteiger partial charge in [0.25, 0.3) is 15.6 Å². The van der Waals surface area contributed by atoms with E-state index in [2.05, 4.69) is 10.1 Å². The van der Waals surface area contributed by atoms with Crippen molar-refractivity contribution < 1.29 is 8.42 Å². The van der Waals surface area contributed by atoms with E-state index in [1.54, 1.807) is 29.6 Å². The van der Waals surface area contributed by atoms with Crippen molar-refractivity contribution in [3.8, 4) is 11.3 Å². The van der Waals surface area contributed by atoms with Crippen molar-refractivity contribution in [3.63, 3.8) is 0 Å². The maximum Gasteiger partial charge on any atom is 0.277 e. The SMILES string of the molecule is O=c1c2c(nc3cc(-c4ccccc4Cl)[nH]n13)CCN(S(=O)(=O)c1cccs1)C2. The highest BCUT2D eigenvalue weighted by atomic mass is 35.5. The van der Waals surface area contributed by atoms with Crippen LogP contribution < -0.4 is 5.56 Å². The fourth-order valence-electron chi connectivity index (χ4n) is 3.52. The molecule has 0 bridgehead atoms. The van der Waals surface area contributed by atoms with Crippen molar-refractivity contribution in [3.05, 3.63) is 74.5 Å². The topological polar surface area (TPSA) is 87.5 Å². The highest BCUT2D eigenvalue weighted by Gasteiger charge is 2.31. The van der Waals surface area contributed by atoms with Gasteiger partial charge in [0.2, 0.25) is 0 Å². The molecule has 0 amide bonds. The number of benzene rings is 1. The molecule has 0 atom stereocenters. The molecule has 3 aromatic heterocycles. The molecule has 0 saturated heterocycles. The summed E-state index contributed by atoms with van der Waals surface area (Å²) in [4.78, 5) is 17.7. The summed E-state index contributed by atoms with van der Waals surface area (Å²) in [6.45, 7) is 0.294. The fraction of sp³-hybridized carbons (Fsp3) is 0.158. The monoisotopic (exact) mass is 446 g/mol. The molecule has 5 rings (SSSR count). The molecule has 0 fully saturated rings. The number of thiophene rings is 1. The van der Waals surface area contributed by atoms with Crippen LogP contribution in [0.3, 0.4) is 0 Å². The lowest BCUT2D eigenvalue weighted by atomic mass is 10.1. The zero-order valence-corrected chi connectivity index (χ0v) is 17.4. The van der Waals surface area contributed by atoms with Gasteiger partial charge in [-0.25, -0.2) is 17.9 Å². The molecule has 4 aromatic rings. The van der Waals surface area contributed by atoms with Gasteiger partial charge in [0.15, 0.2) is 5.65 Å². The first-order chi connectivity index (χ1) is 13.9. The normalized spacial score (nSPS) is 14.9. The van der Waals surface area contributed by atoms with Gasteiger partial charge in [-0.05, 0) is 17.5 Å². The summed E-state index contributed by atoms with van der Waals surface area (Å²) in [6.07, 6.45) is 0.387. The van der Waals surface area contributed by atoms with Gasteiger partial charge in [-0.3, -0.25) is 9.89 Å². The Morgan fingerprint density at radius 2 is 2.00 bits per heavy atom. The molecular formula is C19H15ClN4O3S2. The summed E-state index contributed by atoms with van der Waals surface area (Å²) >= 11 is 7.44. The molecule has 0 unspecified atom stereocenters. The summed E-state index contributed by atoms with van der Waals surface area (Å²) in [7, 11) is -3.63. The third-order valence-corrected chi connectivity index (χ3v) is 8.53. The molecule has 1 aliphatic rings. The Morgan fingerprint density at radius 3 is 2.76 bits per heavy atom. The molecule has 10 heteroatoms. The van der Waals surface area contributed by atoms with Crippen LogP contribution in [-0.2, 0) is 23.0 Å². The van der Waals surface area contributed by atoms with Gasteiger partial charge in [0.05, 0.1) is 17.0 Å². The molecule has 1 aliphatic heterocycles. The van der Waals surface area contributed by atoms with Crippen molar-refractivity contribution in [1.82, 2.24) is 18.9 Å². The zero-order chi connectivity index (χ0) is 20.2. The first-order valence-corrected chi connectivity index (χ1v) is 11.6. The standard InChI is InChI=1S/C19H15ClN4O3S2/c20-14-5-2-1-4-12(14)16-10-17-21-15-7-8-23(11-13(15)19(25)24(17)22-16)29(26,27)18-6-3-9-28-18/h1-6,9-10,22H,7-8,11H2. The number of hydrogen-bond acceptors (Lipinski definition) is 5. The molecule has 148 valence electrons. The van der Waals surface area contributed by atoms with E-state index in [0.29, 0.717) is 34.0 Å². The van der Waals surface area contributed by atoms with Crippen LogP contribution in [0.5, 0.6) is 0 Å². The van der Waals surface area contributed by atoms with E-state index in [9.17, 15) is 13.2 Å². The molecule has 0 radical (unpaired) electrons.